The molecule has 2 N–H and O–H groups in total. The molecule has 0 bridgehead atoms. The van der Waals surface area contributed by atoms with Crippen LogP contribution in [0.1, 0.15) is 48.4 Å². The van der Waals surface area contributed by atoms with Crippen molar-refractivity contribution in [3.63, 3.8) is 0 Å². The number of carbonyl (C=O) groups excluding carboxylic acids is 1. The fourth-order valence-electron chi connectivity index (χ4n) is 3.15. The Kier molecular flexibility index (Phi) is 5.31. The Labute approximate surface area is 147 Å². The van der Waals surface area contributed by atoms with Gasteiger partial charge >= 0.3 is 0 Å². The van der Waals surface area contributed by atoms with Gasteiger partial charge in [-0.2, -0.15) is 0 Å². The van der Waals surface area contributed by atoms with E-state index in [9.17, 15) is 4.79 Å². The van der Waals surface area contributed by atoms with E-state index in [-0.39, 0.29) is 11.9 Å². The molecule has 1 fully saturated rings. The first-order valence-corrected chi connectivity index (χ1v) is 9.41. The van der Waals surface area contributed by atoms with Gasteiger partial charge < -0.3 is 10.6 Å². The largest absolute Gasteiger partial charge is 0.349 e. The Bertz CT molecular complexity index is 702. The van der Waals surface area contributed by atoms with E-state index in [4.69, 9.17) is 4.98 Å². The van der Waals surface area contributed by atoms with Crippen molar-refractivity contribution in [1.29, 1.82) is 0 Å². The summed E-state index contributed by atoms with van der Waals surface area (Å²) in [6.45, 7) is 7.17. The number of hydrogen-bond donors (Lipinski definition) is 2. The first kappa shape index (κ1) is 17.1. The average molecular weight is 343 g/mol. The van der Waals surface area contributed by atoms with Crippen molar-refractivity contribution in [2.75, 3.05) is 6.54 Å². The summed E-state index contributed by atoms with van der Waals surface area (Å²) in [6.07, 6.45) is 2.83. The van der Waals surface area contributed by atoms with E-state index in [1.54, 1.807) is 11.3 Å². The third-order valence-electron chi connectivity index (χ3n) is 4.50. The maximum atomic E-state index is 12.2. The van der Waals surface area contributed by atoms with Crippen LogP contribution in [-0.4, -0.2) is 23.5 Å². The van der Waals surface area contributed by atoms with Crippen LogP contribution >= 0.6 is 11.3 Å². The molecule has 5 heteroatoms. The van der Waals surface area contributed by atoms with Crippen LogP contribution in [0, 0.1) is 13.8 Å². The molecule has 1 aliphatic rings. The second-order valence-electron chi connectivity index (χ2n) is 6.62. The summed E-state index contributed by atoms with van der Waals surface area (Å²) < 4.78 is 0. The number of carbonyl (C=O) groups is 1. The minimum absolute atomic E-state index is 0.00407. The van der Waals surface area contributed by atoms with Gasteiger partial charge in [0, 0.05) is 18.0 Å². The van der Waals surface area contributed by atoms with E-state index in [1.807, 2.05) is 13.8 Å². The van der Waals surface area contributed by atoms with Crippen LogP contribution in [0.4, 0.5) is 0 Å². The van der Waals surface area contributed by atoms with Crippen LogP contribution in [-0.2, 0) is 4.79 Å². The summed E-state index contributed by atoms with van der Waals surface area (Å²) in [6, 6.07) is 8.74. The molecule has 4 nitrogen and oxygen atoms in total. The van der Waals surface area contributed by atoms with Crippen LogP contribution in [0.25, 0.3) is 10.6 Å². The highest BCUT2D eigenvalue weighted by atomic mass is 32.1. The molecular formula is C19H25N3OS. The minimum Gasteiger partial charge on any atom is -0.349 e. The van der Waals surface area contributed by atoms with Crippen LogP contribution in [0.5, 0.6) is 0 Å². The van der Waals surface area contributed by atoms with Gasteiger partial charge in [0.15, 0.2) is 0 Å². The molecule has 3 rings (SSSR count). The predicted molar refractivity (Wildman–Crippen MR) is 99.2 cm³/mol. The summed E-state index contributed by atoms with van der Waals surface area (Å²) in [4.78, 5) is 18.1. The van der Waals surface area contributed by atoms with Gasteiger partial charge in [-0.25, -0.2) is 4.98 Å². The van der Waals surface area contributed by atoms with Crippen molar-refractivity contribution in [1.82, 2.24) is 15.6 Å². The lowest BCUT2D eigenvalue weighted by Gasteiger charge is -2.15. The van der Waals surface area contributed by atoms with E-state index in [2.05, 4.69) is 41.8 Å². The molecular weight excluding hydrogens is 318 g/mol. The molecule has 0 radical (unpaired) electrons. The van der Waals surface area contributed by atoms with Crippen molar-refractivity contribution in [2.45, 2.75) is 52.1 Å². The van der Waals surface area contributed by atoms with Crippen molar-refractivity contribution in [3.8, 4) is 10.6 Å². The molecule has 128 valence electrons. The maximum Gasteiger partial charge on any atom is 0.222 e. The molecule has 1 saturated heterocycles. The standard InChI is InChI=1S/C19H25N3OS/c1-12-6-8-15(9-7-12)19-22-14(3)18(24-19)13(2)21-17(23)11-16-5-4-10-20-16/h6-9,13,16,20H,4-5,10-11H2,1-3H3,(H,21,23). The maximum absolute atomic E-state index is 12.2. The number of hydrogen-bond acceptors (Lipinski definition) is 4. The Hall–Kier alpha value is -1.72. The lowest BCUT2D eigenvalue weighted by molar-refractivity contribution is -0.122. The van der Waals surface area contributed by atoms with Crippen molar-refractivity contribution >= 4 is 17.2 Å². The number of amides is 1. The highest BCUT2D eigenvalue weighted by Crippen LogP contribution is 2.32. The topological polar surface area (TPSA) is 54.0 Å². The quantitative estimate of drug-likeness (QED) is 0.869. The van der Waals surface area contributed by atoms with Gasteiger partial charge in [-0.3, -0.25) is 4.79 Å². The second-order valence-corrected chi connectivity index (χ2v) is 7.65. The highest BCUT2D eigenvalue weighted by molar-refractivity contribution is 7.15. The summed E-state index contributed by atoms with van der Waals surface area (Å²) in [5, 5.41) is 7.52. The molecule has 2 aromatic rings. The van der Waals surface area contributed by atoms with Gasteiger partial charge in [0.25, 0.3) is 0 Å². The Morgan fingerprint density at radius 2 is 2.12 bits per heavy atom. The number of thiazole rings is 1. The molecule has 1 amide bonds. The second kappa shape index (κ2) is 7.45. The van der Waals surface area contributed by atoms with Crippen molar-refractivity contribution in [2.24, 2.45) is 0 Å². The van der Waals surface area contributed by atoms with Crippen molar-refractivity contribution in [3.05, 3.63) is 40.4 Å². The van der Waals surface area contributed by atoms with E-state index in [0.717, 1.165) is 34.1 Å². The fourth-order valence-corrected chi connectivity index (χ4v) is 4.22. The minimum atomic E-state index is -0.00407. The molecule has 2 unspecified atom stereocenters. The normalized spacial score (nSPS) is 18.5. The molecule has 1 aliphatic heterocycles. The Balaban J connectivity index is 1.67. The molecule has 2 heterocycles. The average Bonchev–Trinajstić information content (AvgIpc) is 3.17. The summed E-state index contributed by atoms with van der Waals surface area (Å²) >= 11 is 1.67. The van der Waals surface area contributed by atoms with E-state index >= 15 is 0 Å². The number of aryl methyl sites for hydroxylation is 2. The summed E-state index contributed by atoms with van der Waals surface area (Å²) in [5.74, 6) is 0.117. The molecule has 0 saturated carbocycles. The Morgan fingerprint density at radius 3 is 2.79 bits per heavy atom. The van der Waals surface area contributed by atoms with Gasteiger partial charge in [0.2, 0.25) is 5.91 Å². The molecule has 2 atom stereocenters. The zero-order chi connectivity index (χ0) is 17.1. The number of nitrogens with one attached hydrogen (secondary N) is 2. The zero-order valence-corrected chi connectivity index (χ0v) is 15.4. The van der Waals surface area contributed by atoms with Crippen LogP contribution in [0.3, 0.4) is 0 Å². The van der Waals surface area contributed by atoms with E-state index in [0.29, 0.717) is 12.5 Å². The van der Waals surface area contributed by atoms with Crippen LogP contribution in [0.2, 0.25) is 0 Å². The first-order valence-electron chi connectivity index (χ1n) is 8.60. The summed E-state index contributed by atoms with van der Waals surface area (Å²) in [7, 11) is 0. The lowest BCUT2D eigenvalue weighted by Crippen LogP contribution is -2.33. The number of aromatic nitrogens is 1. The smallest absolute Gasteiger partial charge is 0.222 e. The summed E-state index contributed by atoms with van der Waals surface area (Å²) in [5.41, 5.74) is 3.38. The van der Waals surface area contributed by atoms with Crippen LogP contribution < -0.4 is 10.6 Å². The molecule has 1 aromatic heterocycles. The van der Waals surface area contributed by atoms with Gasteiger partial charge in [0.05, 0.1) is 16.6 Å². The number of nitrogens with zero attached hydrogens (tertiary/aromatic N) is 1. The predicted octanol–water partition coefficient (Wildman–Crippen LogP) is 3.75. The lowest BCUT2D eigenvalue weighted by atomic mass is 10.1. The first-order chi connectivity index (χ1) is 11.5. The monoisotopic (exact) mass is 343 g/mol. The molecule has 1 aromatic carbocycles. The van der Waals surface area contributed by atoms with Crippen molar-refractivity contribution < 1.29 is 4.79 Å². The number of rotatable bonds is 5. The van der Waals surface area contributed by atoms with Gasteiger partial charge in [-0.15, -0.1) is 11.3 Å². The third kappa shape index (κ3) is 4.02. The third-order valence-corrected chi connectivity index (χ3v) is 5.89. The molecule has 24 heavy (non-hydrogen) atoms. The van der Waals surface area contributed by atoms with Gasteiger partial charge in [0.1, 0.15) is 5.01 Å². The van der Waals surface area contributed by atoms with Crippen LogP contribution in [0.15, 0.2) is 24.3 Å². The Morgan fingerprint density at radius 1 is 1.38 bits per heavy atom. The van der Waals surface area contributed by atoms with E-state index in [1.165, 1.54) is 12.0 Å². The molecule has 0 aliphatic carbocycles. The number of benzene rings is 1. The molecule has 0 spiro atoms. The van der Waals surface area contributed by atoms with Gasteiger partial charge in [-0.1, -0.05) is 29.8 Å². The van der Waals surface area contributed by atoms with Gasteiger partial charge in [-0.05, 0) is 40.2 Å². The zero-order valence-electron chi connectivity index (χ0n) is 14.6. The fraction of sp³-hybridized carbons (Fsp3) is 0.474. The highest BCUT2D eigenvalue weighted by Gasteiger charge is 2.21. The SMILES string of the molecule is Cc1ccc(-c2nc(C)c(C(C)NC(=O)CC3CCCN3)s2)cc1. The van der Waals surface area contributed by atoms with E-state index < -0.39 is 0 Å².